The van der Waals surface area contributed by atoms with Crippen molar-refractivity contribution in [1.29, 1.82) is 0 Å². The van der Waals surface area contributed by atoms with Crippen molar-refractivity contribution in [3.05, 3.63) is 23.8 Å². The standard InChI is InChI=1S/C14H19NO4/c1-14(2,3)19-13(18)15-8-4-5-10-9-11(16)6-7-12(10)17/h6-7,9H,4-5,8H2,1-3H3,(H,15,18). The maximum absolute atomic E-state index is 11.4. The molecule has 0 unspecified atom stereocenters. The smallest absolute Gasteiger partial charge is 0.407 e. The van der Waals surface area contributed by atoms with Gasteiger partial charge in [-0.2, -0.15) is 0 Å². The number of nitrogens with one attached hydrogen (secondary N) is 1. The zero-order chi connectivity index (χ0) is 14.5. The number of rotatable bonds is 4. The number of carbonyl (C=O) groups is 3. The second kappa shape index (κ2) is 6.31. The zero-order valence-corrected chi connectivity index (χ0v) is 11.5. The fourth-order valence-corrected chi connectivity index (χ4v) is 1.53. The normalized spacial score (nSPS) is 15.2. The maximum Gasteiger partial charge on any atom is 0.407 e. The summed E-state index contributed by atoms with van der Waals surface area (Å²) in [5.74, 6) is -0.313. The summed E-state index contributed by atoms with van der Waals surface area (Å²) in [5, 5.41) is 2.60. The van der Waals surface area contributed by atoms with Crippen LogP contribution in [-0.2, 0) is 14.3 Å². The summed E-state index contributed by atoms with van der Waals surface area (Å²) in [5.41, 5.74) is -0.0399. The molecule has 1 rings (SSSR count). The van der Waals surface area contributed by atoms with Crippen LogP contribution in [0.15, 0.2) is 23.8 Å². The SMILES string of the molecule is CC(C)(C)OC(=O)NCCCC1=CC(=O)C=CC1=O. The van der Waals surface area contributed by atoms with E-state index < -0.39 is 11.7 Å². The number of carbonyl (C=O) groups excluding carboxylic acids is 3. The largest absolute Gasteiger partial charge is 0.444 e. The van der Waals surface area contributed by atoms with Crippen LogP contribution in [0.25, 0.3) is 0 Å². The third-order valence-corrected chi connectivity index (χ3v) is 2.32. The minimum Gasteiger partial charge on any atom is -0.444 e. The highest BCUT2D eigenvalue weighted by molar-refractivity contribution is 6.17. The van der Waals surface area contributed by atoms with Crippen molar-refractivity contribution in [2.24, 2.45) is 0 Å². The third kappa shape index (κ3) is 5.99. The van der Waals surface area contributed by atoms with E-state index in [9.17, 15) is 14.4 Å². The van der Waals surface area contributed by atoms with Crippen molar-refractivity contribution < 1.29 is 19.1 Å². The summed E-state index contributed by atoms with van der Waals surface area (Å²) in [4.78, 5) is 33.9. The second-order valence-corrected chi connectivity index (χ2v) is 5.30. The first-order chi connectivity index (χ1) is 8.78. The van der Waals surface area contributed by atoms with Gasteiger partial charge in [-0.05, 0) is 51.8 Å². The lowest BCUT2D eigenvalue weighted by Gasteiger charge is -2.19. The fraction of sp³-hybridized carbons (Fsp3) is 0.500. The molecule has 5 nitrogen and oxygen atoms in total. The highest BCUT2D eigenvalue weighted by atomic mass is 16.6. The molecule has 1 aliphatic rings. The summed E-state index contributed by atoms with van der Waals surface area (Å²) < 4.78 is 5.07. The molecule has 0 aromatic heterocycles. The van der Waals surface area contributed by atoms with Crippen LogP contribution in [0.5, 0.6) is 0 Å². The van der Waals surface area contributed by atoms with E-state index >= 15 is 0 Å². The lowest BCUT2D eigenvalue weighted by Crippen LogP contribution is -2.33. The number of ether oxygens (including phenoxy) is 1. The Labute approximate surface area is 112 Å². The number of ketones is 2. The van der Waals surface area contributed by atoms with Crippen LogP contribution >= 0.6 is 0 Å². The molecule has 0 bridgehead atoms. The van der Waals surface area contributed by atoms with Gasteiger partial charge in [-0.25, -0.2) is 4.79 Å². The molecule has 0 atom stereocenters. The Morgan fingerprint density at radius 3 is 2.58 bits per heavy atom. The Kier molecular flexibility index (Phi) is 5.03. The van der Waals surface area contributed by atoms with Crippen LogP contribution in [0, 0.1) is 0 Å². The van der Waals surface area contributed by atoms with Crippen LogP contribution < -0.4 is 5.32 Å². The number of hydrogen-bond acceptors (Lipinski definition) is 4. The Bertz CT molecular complexity index is 441. The van der Waals surface area contributed by atoms with E-state index in [0.717, 1.165) is 0 Å². The van der Waals surface area contributed by atoms with E-state index in [-0.39, 0.29) is 11.6 Å². The van der Waals surface area contributed by atoms with E-state index in [0.29, 0.717) is 25.0 Å². The molecule has 0 fully saturated rings. The molecule has 5 heteroatoms. The number of hydrogen-bond donors (Lipinski definition) is 1. The number of alkyl carbamates (subject to hydrolysis) is 1. The van der Waals surface area contributed by atoms with Gasteiger partial charge in [0.05, 0.1) is 0 Å². The monoisotopic (exact) mass is 265 g/mol. The van der Waals surface area contributed by atoms with E-state index in [1.54, 1.807) is 20.8 Å². The highest BCUT2D eigenvalue weighted by Gasteiger charge is 2.16. The fourth-order valence-electron chi connectivity index (χ4n) is 1.53. The molecule has 0 saturated carbocycles. The van der Waals surface area contributed by atoms with Crippen LogP contribution in [-0.4, -0.2) is 29.8 Å². The molecular formula is C14H19NO4. The summed E-state index contributed by atoms with van der Waals surface area (Å²) in [6.07, 6.45) is 4.44. The maximum atomic E-state index is 11.4. The molecule has 1 N–H and O–H groups in total. The quantitative estimate of drug-likeness (QED) is 0.622. The van der Waals surface area contributed by atoms with Crippen LogP contribution in [0.2, 0.25) is 0 Å². The van der Waals surface area contributed by atoms with Crippen molar-refractivity contribution in [2.75, 3.05) is 6.54 Å². The Morgan fingerprint density at radius 2 is 1.95 bits per heavy atom. The van der Waals surface area contributed by atoms with Gasteiger partial charge < -0.3 is 10.1 Å². The molecule has 0 heterocycles. The molecular weight excluding hydrogens is 246 g/mol. The van der Waals surface area contributed by atoms with E-state index in [1.807, 2.05) is 0 Å². The van der Waals surface area contributed by atoms with Gasteiger partial charge in [0, 0.05) is 12.1 Å². The van der Waals surface area contributed by atoms with Gasteiger partial charge in [-0.3, -0.25) is 9.59 Å². The second-order valence-electron chi connectivity index (χ2n) is 5.30. The summed E-state index contributed by atoms with van der Waals surface area (Å²) in [6.45, 7) is 5.76. The van der Waals surface area contributed by atoms with Crippen LogP contribution in [0.4, 0.5) is 4.79 Å². The van der Waals surface area contributed by atoms with Gasteiger partial charge in [0.2, 0.25) is 0 Å². The molecule has 0 aliphatic heterocycles. The van der Waals surface area contributed by atoms with Crippen LogP contribution in [0.1, 0.15) is 33.6 Å². The van der Waals surface area contributed by atoms with E-state index in [4.69, 9.17) is 4.74 Å². The molecule has 1 amide bonds. The molecule has 1 aliphatic carbocycles. The Morgan fingerprint density at radius 1 is 1.26 bits per heavy atom. The predicted molar refractivity (Wildman–Crippen MR) is 70.7 cm³/mol. The molecule has 0 aromatic carbocycles. The molecule has 0 aromatic rings. The summed E-state index contributed by atoms with van der Waals surface area (Å²) in [7, 11) is 0. The van der Waals surface area contributed by atoms with E-state index in [1.165, 1.54) is 18.2 Å². The zero-order valence-electron chi connectivity index (χ0n) is 11.5. The van der Waals surface area contributed by atoms with Gasteiger partial charge in [0.25, 0.3) is 0 Å². The average molecular weight is 265 g/mol. The molecule has 0 radical (unpaired) electrons. The highest BCUT2D eigenvalue weighted by Crippen LogP contribution is 2.11. The first-order valence-electron chi connectivity index (χ1n) is 6.22. The Hall–Kier alpha value is -1.91. The lowest BCUT2D eigenvalue weighted by atomic mass is 9.99. The first-order valence-corrected chi connectivity index (χ1v) is 6.22. The van der Waals surface area contributed by atoms with Crippen molar-refractivity contribution in [3.63, 3.8) is 0 Å². The lowest BCUT2D eigenvalue weighted by molar-refractivity contribution is -0.114. The van der Waals surface area contributed by atoms with Gasteiger partial charge in [0.1, 0.15) is 5.60 Å². The number of allylic oxidation sites excluding steroid dienone is 4. The van der Waals surface area contributed by atoms with Crippen molar-refractivity contribution in [2.45, 2.75) is 39.2 Å². The topological polar surface area (TPSA) is 72.5 Å². The minimum atomic E-state index is -0.525. The van der Waals surface area contributed by atoms with Gasteiger partial charge in [0.15, 0.2) is 11.6 Å². The van der Waals surface area contributed by atoms with Gasteiger partial charge >= 0.3 is 6.09 Å². The molecule has 0 spiro atoms. The van der Waals surface area contributed by atoms with Crippen molar-refractivity contribution in [3.8, 4) is 0 Å². The summed E-state index contributed by atoms with van der Waals surface area (Å²) >= 11 is 0. The minimum absolute atomic E-state index is 0.142. The van der Waals surface area contributed by atoms with Gasteiger partial charge in [-0.15, -0.1) is 0 Å². The van der Waals surface area contributed by atoms with Crippen molar-refractivity contribution >= 4 is 17.7 Å². The third-order valence-electron chi connectivity index (χ3n) is 2.32. The van der Waals surface area contributed by atoms with E-state index in [2.05, 4.69) is 5.32 Å². The first kappa shape index (κ1) is 15.1. The predicted octanol–water partition coefficient (Wildman–Crippen LogP) is 1.93. The summed E-state index contributed by atoms with van der Waals surface area (Å²) in [6, 6.07) is 0. The average Bonchev–Trinajstić information content (AvgIpc) is 2.26. The van der Waals surface area contributed by atoms with Crippen LogP contribution in [0.3, 0.4) is 0 Å². The Balaban J connectivity index is 2.26. The van der Waals surface area contributed by atoms with Gasteiger partial charge in [-0.1, -0.05) is 0 Å². The van der Waals surface area contributed by atoms with Crippen molar-refractivity contribution in [1.82, 2.24) is 5.32 Å². The molecule has 19 heavy (non-hydrogen) atoms. The molecule has 104 valence electrons. The number of amides is 1. The molecule has 0 saturated heterocycles.